The van der Waals surface area contributed by atoms with Gasteiger partial charge in [0.1, 0.15) is 11.2 Å². The predicted octanol–water partition coefficient (Wildman–Crippen LogP) is 4.32. The molecular weight excluding hydrogens is 284 g/mol. The molecule has 0 saturated heterocycles. The zero-order valence-electron chi connectivity index (χ0n) is 12.9. The van der Waals surface area contributed by atoms with Gasteiger partial charge in [0.2, 0.25) is 0 Å². The molecule has 0 bridgehead atoms. The Morgan fingerprint density at radius 2 is 1.65 bits per heavy atom. The molecule has 0 N–H and O–H groups in total. The van der Waals surface area contributed by atoms with Crippen molar-refractivity contribution in [3.05, 3.63) is 77.9 Å². The number of benzene rings is 2. The maximum atomic E-state index is 13.1. The van der Waals surface area contributed by atoms with E-state index in [0.717, 1.165) is 29.7 Å². The molecule has 2 aromatic rings. The number of allylic oxidation sites excluding steroid dienone is 1. The average Bonchev–Trinajstić information content (AvgIpc) is 2.97. The minimum atomic E-state index is -0.440. The van der Waals surface area contributed by atoms with E-state index in [9.17, 15) is 4.79 Å². The van der Waals surface area contributed by atoms with E-state index < -0.39 is 5.41 Å². The van der Waals surface area contributed by atoms with Crippen LogP contribution in [0.3, 0.4) is 0 Å². The predicted molar refractivity (Wildman–Crippen MR) is 88.4 cm³/mol. The molecule has 2 aliphatic carbocycles. The summed E-state index contributed by atoms with van der Waals surface area (Å²) in [6, 6.07) is 20.2. The fourth-order valence-corrected chi connectivity index (χ4v) is 5.18. The lowest BCUT2D eigenvalue weighted by molar-refractivity contribution is -0.142. The van der Waals surface area contributed by atoms with Gasteiger partial charge in [-0.3, -0.25) is 4.79 Å². The smallest absolute Gasteiger partial charge is 0.323 e. The molecule has 23 heavy (non-hydrogen) atoms. The normalized spacial score (nSPS) is 34.2. The highest BCUT2D eigenvalue weighted by Gasteiger charge is 2.83. The number of hydrogen-bond acceptors (Lipinski definition) is 2. The number of carbonyl (C=O) groups is 1. The highest BCUT2D eigenvalue weighted by Crippen LogP contribution is 2.80. The summed E-state index contributed by atoms with van der Waals surface area (Å²) in [5.41, 5.74) is 1.65. The fourth-order valence-electron chi connectivity index (χ4n) is 5.18. The summed E-state index contributed by atoms with van der Waals surface area (Å²) < 4.78 is 5.84. The molecule has 0 aromatic heterocycles. The van der Waals surface area contributed by atoms with Crippen LogP contribution in [0.25, 0.3) is 5.76 Å². The van der Waals surface area contributed by atoms with Gasteiger partial charge in [0.05, 0.1) is 0 Å². The number of cyclic esters (lactones) is 1. The van der Waals surface area contributed by atoms with Crippen molar-refractivity contribution in [3.63, 3.8) is 0 Å². The van der Waals surface area contributed by atoms with Gasteiger partial charge in [0.25, 0.3) is 0 Å². The van der Waals surface area contributed by atoms with E-state index >= 15 is 0 Å². The van der Waals surface area contributed by atoms with Crippen molar-refractivity contribution in [3.8, 4) is 0 Å². The van der Waals surface area contributed by atoms with Gasteiger partial charge in [0, 0.05) is 11.0 Å². The maximum Gasteiger partial charge on any atom is 0.323 e. The van der Waals surface area contributed by atoms with Crippen LogP contribution in [-0.4, -0.2) is 5.97 Å². The van der Waals surface area contributed by atoms with Crippen LogP contribution < -0.4 is 0 Å². The molecule has 3 atom stereocenters. The molecule has 0 radical (unpaired) electrons. The molecule has 5 rings (SSSR count). The number of carbonyl (C=O) groups excluding carboxylic acids is 1. The summed E-state index contributed by atoms with van der Waals surface area (Å²) in [6.45, 7) is 0. The summed E-state index contributed by atoms with van der Waals surface area (Å²) in [6.07, 6.45) is 5.65. The zero-order chi connectivity index (χ0) is 15.5. The van der Waals surface area contributed by atoms with Crippen molar-refractivity contribution < 1.29 is 9.53 Å². The minimum absolute atomic E-state index is 0.0329. The first-order valence-electron chi connectivity index (χ1n) is 8.35. The van der Waals surface area contributed by atoms with Crippen molar-refractivity contribution in [2.75, 3.05) is 0 Å². The van der Waals surface area contributed by atoms with Gasteiger partial charge in [-0.15, -0.1) is 0 Å². The zero-order valence-corrected chi connectivity index (χ0v) is 12.9. The molecule has 2 aromatic carbocycles. The van der Waals surface area contributed by atoms with Gasteiger partial charge in [-0.1, -0.05) is 67.1 Å². The van der Waals surface area contributed by atoms with Crippen molar-refractivity contribution >= 4 is 11.7 Å². The van der Waals surface area contributed by atoms with Crippen LogP contribution in [0.4, 0.5) is 0 Å². The molecule has 1 unspecified atom stereocenters. The summed E-state index contributed by atoms with van der Waals surface area (Å²) in [5, 5.41) is 0. The highest BCUT2D eigenvalue weighted by atomic mass is 16.5. The second kappa shape index (κ2) is 4.35. The third-order valence-corrected chi connectivity index (χ3v) is 6.08. The Kier molecular flexibility index (Phi) is 2.48. The van der Waals surface area contributed by atoms with Crippen molar-refractivity contribution in [1.29, 1.82) is 0 Å². The SMILES string of the molecule is O=C1OC(c2ccccc2)=C[C@]23CCCC2[C@]13c1ccccc1. The van der Waals surface area contributed by atoms with Crippen LogP contribution >= 0.6 is 0 Å². The molecule has 2 saturated carbocycles. The second-order valence-corrected chi connectivity index (χ2v) is 6.92. The Bertz CT molecular complexity index is 808. The topological polar surface area (TPSA) is 26.3 Å². The Morgan fingerprint density at radius 3 is 2.39 bits per heavy atom. The van der Waals surface area contributed by atoms with E-state index in [4.69, 9.17) is 4.74 Å². The Hall–Kier alpha value is -2.35. The monoisotopic (exact) mass is 302 g/mol. The number of esters is 1. The lowest BCUT2D eigenvalue weighted by Gasteiger charge is -2.29. The van der Waals surface area contributed by atoms with Gasteiger partial charge in [-0.05, 0) is 30.4 Å². The third-order valence-electron chi connectivity index (χ3n) is 6.08. The van der Waals surface area contributed by atoms with E-state index in [1.807, 2.05) is 48.5 Å². The third kappa shape index (κ3) is 1.46. The lowest BCUT2D eigenvalue weighted by Crippen LogP contribution is -2.34. The van der Waals surface area contributed by atoms with Gasteiger partial charge in [-0.25, -0.2) is 0 Å². The molecule has 2 fully saturated rings. The number of hydrogen-bond donors (Lipinski definition) is 0. The molecule has 2 heteroatoms. The van der Waals surface area contributed by atoms with E-state index in [1.54, 1.807) is 0 Å². The molecule has 3 aliphatic rings. The first kappa shape index (κ1) is 13.1. The minimum Gasteiger partial charge on any atom is -0.426 e. The van der Waals surface area contributed by atoms with Gasteiger partial charge < -0.3 is 4.74 Å². The van der Waals surface area contributed by atoms with E-state index in [-0.39, 0.29) is 11.4 Å². The molecule has 1 aliphatic heterocycles. The molecule has 0 amide bonds. The summed E-state index contributed by atoms with van der Waals surface area (Å²) in [5.74, 6) is 1.08. The lowest BCUT2D eigenvalue weighted by atomic mass is 9.80. The summed E-state index contributed by atoms with van der Waals surface area (Å²) in [4.78, 5) is 13.1. The highest BCUT2D eigenvalue weighted by molar-refractivity contribution is 5.97. The second-order valence-electron chi connectivity index (χ2n) is 6.92. The van der Waals surface area contributed by atoms with Crippen LogP contribution in [-0.2, 0) is 14.9 Å². The van der Waals surface area contributed by atoms with Crippen LogP contribution in [0.5, 0.6) is 0 Å². The summed E-state index contributed by atoms with van der Waals surface area (Å²) in [7, 11) is 0. The van der Waals surface area contributed by atoms with Gasteiger partial charge >= 0.3 is 5.97 Å². The Morgan fingerprint density at radius 1 is 0.957 bits per heavy atom. The average molecular weight is 302 g/mol. The molecule has 114 valence electrons. The van der Waals surface area contributed by atoms with Crippen molar-refractivity contribution in [2.45, 2.75) is 24.7 Å². The number of fused-ring (bicyclic) bond motifs is 1. The quantitative estimate of drug-likeness (QED) is 0.772. The van der Waals surface area contributed by atoms with E-state index in [1.165, 1.54) is 6.42 Å². The molecule has 1 spiro atoms. The van der Waals surface area contributed by atoms with Gasteiger partial charge in [-0.2, -0.15) is 0 Å². The van der Waals surface area contributed by atoms with Crippen molar-refractivity contribution in [2.24, 2.45) is 11.3 Å². The van der Waals surface area contributed by atoms with Gasteiger partial charge in [0.15, 0.2) is 0 Å². The van der Waals surface area contributed by atoms with Crippen LogP contribution in [0, 0.1) is 11.3 Å². The molecular formula is C21H18O2. The van der Waals surface area contributed by atoms with Crippen LogP contribution in [0.1, 0.15) is 30.4 Å². The molecule has 1 heterocycles. The maximum absolute atomic E-state index is 13.1. The van der Waals surface area contributed by atoms with E-state index in [0.29, 0.717) is 5.92 Å². The van der Waals surface area contributed by atoms with Crippen LogP contribution in [0.2, 0.25) is 0 Å². The molecule has 2 nitrogen and oxygen atoms in total. The standard InChI is InChI=1S/C21H18O2/c22-19-21(16-10-5-2-6-11-16)18-12-7-13-20(18,21)14-17(23-19)15-8-3-1-4-9-15/h1-6,8-11,14,18H,7,12-13H2/t18?,20-,21-/m1/s1. The van der Waals surface area contributed by atoms with Crippen LogP contribution in [0.15, 0.2) is 66.7 Å². The number of rotatable bonds is 2. The summed E-state index contributed by atoms with van der Waals surface area (Å²) >= 11 is 0. The number of ether oxygens (including phenoxy) is 1. The van der Waals surface area contributed by atoms with E-state index in [2.05, 4.69) is 18.2 Å². The van der Waals surface area contributed by atoms with Crippen molar-refractivity contribution in [1.82, 2.24) is 0 Å². The Labute approximate surface area is 135 Å². The first-order valence-corrected chi connectivity index (χ1v) is 8.35. The largest absolute Gasteiger partial charge is 0.426 e. The Balaban J connectivity index is 1.67. The fraction of sp³-hybridized carbons (Fsp3) is 0.286. The first-order chi connectivity index (χ1) is 11.3.